The largest absolute Gasteiger partial charge is 0.350 e. The van der Waals surface area contributed by atoms with Gasteiger partial charge in [-0.2, -0.15) is 10.1 Å². The van der Waals surface area contributed by atoms with Crippen LogP contribution in [0.3, 0.4) is 0 Å². The van der Waals surface area contributed by atoms with Gasteiger partial charge in [-0.1, -0.05) is 6.92 Å². The van der Waals surface area contributed by atoms with Crippen LogP contribution in [0.4, 0.5) is 5.95 Å². The van der Waals surface area contributed by atoms with Gasteiger partial charge in [0, 0.05) is 12.2 Å². The van der Waals surface area contributed by atoms with Crippen molar-refractivity contribution >= 4 is 5.95 Å². The number of nitrogens with zero attached hydrogens (tertiary/aromatic N) is 3. The number of aromatic amines is 2. The molecule has 0 spiro atoms. The zero-order valence-electron chi connectivity index (χ0n) is 8.36. The first-order valence-corrected chi connectivity index (χ1v) is 5.01. The van der Waals surface area contributed by atoms with E-state index < -0.39 is 0 Å². The minimum absolute atomic E-state index is 0.537. The van der Waals surface area contributed by atoms with Gasteiger partial charge < -0.3 is 5.32 Å². The molecule has 1 saturated carbocycles. The Morgan fingerprint density at radius 1 is 1.47 bits per heavy atom. The van der Waals surface area contributed by atoms with E-state index in [9.17, 15) is 0 Å². The Morgan fingerprint density at radius 2 is 2.33 bits per heavy atom. The van der Waals surface area contributed by atoms with Crippen molar-refractivity contribution in [2.75, 3.05) is 5.32 Å². The lowest BCUT2D eigenvalue weighted by molar-refractivity contribution is 0.915. The second-order valence-corrected chi connectivity index (χ2v) is 3.94. The van der Waals surface area contributed by atoms with Crippen LogP contribution in [0.2, 0.25) is 0 Å². The second kappa shape index (κ2) is 3.08. The van der Waals surface area contributed by atoms with Gasteiger partial charge in [-0.25, -0.2) is 0 Å². The molecule has 78 valence electrons. The van der Waals surface area contributed by atoms with Gasteiger partial charge in [-0.05, 0) is 18.4 Å². The quantitative estimate of drug-likeness (QED) is 0.697. The molecular formula is C9H12N6. The lowest BCUT2D eigenvalue weighted by Gasteiger charge is -1.95. The first-order chi connectivity index (χ1) is 7.33. The fourth-order valence-corrected chi connectivity index (χ4v) is 1.52. The lowest BCUT2D eigenvalue weighted by atomic mass is 10.4. The standard InChI is InChI=1S/C9H12N6/c1-5-4-7(5)11-9-12-8(14-15-9)6-2-3-10-13-6/h2-3,5,7H,4H2,1H3,(H,10,13)(H2,11,12,14,15). The zero-order chi connectivity index (χ0) is 10.3. The number of nitrogens with one attached hydrogen (secondary N) is 3. The predicted molar refractivity (Wildman–Crippen MR) is 55.2 cm³/mol. The Labute approximate surface area is 86.5 Å². The number of hydrogen-bond donors (Lipinski definition) is 3. The summed E-state index contributed by atoms with van der Waals surface area (Å²) in [5.41, 5.74) is 0.847. The van der Waals surface area contributed by atoms with Gasteiger partial charge in [0.1, 0.15) is 5.69 Å². The number of H-pyrrole nitrogens is 2. The van der Waals surface area contributed by atoms with Crippen molar-refractivity contribution in [1.29, 1.82) is 0 Å². The molecule has 3 N–H and O–H groups in total. The van der Waals surface area contributed by atoms with Crippen molar-refractivity contribution in [3.8, 4) is 11.5 Å². The average molecular weight is 204 g/mol. The SMILES string of the molecule is CC1CC1Nc1n[nH]c(-c2ccn[nH]2)n1. The van der Waals surface area contributed by atoms with Crippen LogP contribution in [0.1, 0.15) is 13.3 Å². The molecule has 2 unspecified atom stereocenters. The van der Waals surface area contributed by atoms with Crippen LogP contribution in [-0.2, 0) is 0 Å². The monoisotopic (exact) mass is 204 g/mol. The predicted octanol–water partition coefficient (Wildman–Crippen LogP) is 1.02. The van der Waals surface area contributed by atoms with Crippen molar-refractivity contribution in [2.45, 2.75) is 19.4 Å². The molecular weight excluding hydrogens is 192 g/mol. The van der Waals surface area contributed by atoms with Crippen molar-refractivity contribution in [3.05, 3.63) is 12.3 Å². The summed E-state index contributed by atoms with van der Waals surface area (Å²) in [5, 5.41) is 16.9. The Bertz CT molecular complexity index is 445. The average Bonchev–Trinajstić information content (AvgIpc) is 2.73. The molecule has 0 amide bonds. The smallest absolute Gasteiger partial charge is 0.242 e. The molecule has 1 aliphatic rings. The Kier molecular flexibility index (Phi) is 1.74. The van der Waals surface area contributed by atoms with E-state index in [0.717, 1.165) is 11.6 Å². The van der Waals surface area contributed by atoms with E-state index in [2.05, 4.69) is 37.6 Å². The van der Waals surface area contributed by atoms with Crippen LogP contribution in [-0.4, -0.2) is 31.4 Å². The molecule has 0 aliphatic heterocycles. The highest BCUT2D eigenvalue weighted by Crippen LogP contribution is 2.31. The lowest BCUT2D eigenvalue weighted by Crippen LogP contribution is -2.04. The summed E-state index contributed by atoms with van der Waals surface area (Å²) in [6, 6.07) is 2.39. The molecule has 0 bridgehead atoms. The maximum atomic E-state index is 4.32. The van der Waals surface area contributed by atoms with Crippen LogP contribution in [0.5, 0.6) is 0 Å². The first kappa shape index (κ1) is 8.46. The summed E-state index contributed by atoms with van der Waals surface area (Å²) < 4.78 is 0. The fraction of sp³-hybridized carbons (Fsp3) is 0.444. The molecule has 0 radical (unpaired) electrons. The summed E-state index contributed by atoms with van der Waals surface area (Å²) >= 11 is 0. The van der Waals surface area contributed by atoms with Gasteiger partial charge in [-0.15, -0.1) is 5.10 Å². The van der Waals surface area contributed by atoms with Crippen molar-refractivity contribution in [1.82, 2.24) is 25.4 Å². The van der Waals surface area contributed by atoms with Crippen LogP contribution in [0.15, 0.2) is 12.3 Å². The van der Waals surface area contributed by atoms with Crippen molar-refractivity contribution in [2.24, 2.45) is 5.92 Å². The minimum Gasteiger partial charge on any atom is -0.350 e. The molecule has 6 heteroatoms. The topological polar surface area (TPSA) is 82.3 Å². The van der Waals surface area contributed by atoms with Gasteiger partial charge in [0.2, 0.25) is 5.95 Å². The third-order valence-corrected chi connectivity index (χ3v) is 2.67. The number of aromatic nitrogens is 5. The summed E-state index contributed by atoms with van der Waals surface area (Å²) in [7, 11) is 0. The molecule has 2 aromatic heterocycles. The number of rotatable bonds is 3. The Morgan fingerprint density at radius 3 is 3.00 bits per heavy atom. The van der Waals surface area contributed by atoms with E-state index >= 15 is 0 Å². The third-order valence-electron chi connectivity index (χ3n) is 2.67. The molecule has 0 aromatic carbocycles. The maximum absolute atomic E-state index is 4.32. The molecule has 3 rings (SSSR count). The van der Waals surface area contributed by atoms with Crippen LogP contribution < -0.4 is 5.32 Å². The van der Waals surface area contributed by atoms with E-state index in [1.807, 2.05) is 6.07 Å². The van der Waals surface area contributed by atoms with E-state index in [-0.39, 0.29) is 0 Å². The Balaban J connectivity index is 1.76. The van der Waals surface area contributed by atoms with E-state index in [1.54, 1.807) is 6.20 Å². The first-order valence-electron chi connectivity index (χ1n) is 5.01. The highest BCUT2D eigenvalue weighted by atomic mass is 15.3. The molecule has 2 atom stereocenters. The van der Waals surface area contributed by atoms with E-state index in [4.69, 9.17) is 0 Å². The number of hydrogen-bond acceptors (Lipinski definition) is 4. The summed E-state index contributed by atoms with van der Waals surface area (Å²) in [5.74, 6) is 2.11. The van der Waals surface area contributed by atoms with Crippen LogP contribution in [0, 0.1) is 5.92 Å². The van der Waals surface area contributed by atoms with Crippen molar-refractivity contribution in [3.63, 3.8) is 0 Å². The molecule has 15 heavy (non-hydrogen) atoms. The van der Waals surface area contributed by atoms with E-state index in [0.29, 0.717) is 17.8 Å². The highest BCUT2D eigenvalue weighted by Gasteiger charge is 2.33. The highest BCUT2D eigenvalue weighted by molar-refractivity contribution is 5.49. The molecule has 0 saturated heterocycles. The summed E-state index contributed by atoms with van der Waals surface area (Å²) in [6.45, 7) is 2.21. The van der Waals surface area contributed by atoms with Gasteiger partial charge in [0.15, 0.2) is 5.82 Å². The van der Waals surface area contributed by atoms with Crippen LogP contribution in [0.25, 0.3) is 11.5 Å². The van der Waals surface area contributed by atoms with Gasteiger partial charge in [-0.3, -0.25) is 10.2 Å². The van der Waals surface area contributed by atoms with Crippen molar-refractivity contribution < 1.29 is 0 Å². The summed E-state index contributed by atoms with van der Waals surface area (Å²) in [4.78, 5) is 4.32. The van der Waals surface area contributed by atoms with Gasteiger partial charge in [0.25, 0.3) is 0 Å². The normalized spacial score (nSPS) is 24.1. The third kappa shape index (κ3) is 1.58. The molecule has 6 nitrogen and oxygen atoms in total. The second-order valence-electron chi connectivity index (χ2n) is 3.94. The molecule has 2 aromatic rings. The van der Waals surface area contributed by atoms with Crippen LogP contribution >= 0.6 is 0 Å². The minimum atomic E-state index is 0.537. The van der Waals surface area contributed by atoms with Gasteiger partial charge in [0.05, 0.1) is 0 Å². The molecule has 2 heterocycles. The Hall–Kier alpha value is -1.85. The molecule has 1 aliphatic carbocycles. The van der Waals surface area contributed by atoms with E-state index in [1.165, 1.54) is 6.42 Å². The van der Waals surface area contributed by atoms with Gasteiger partial charge >= 0.3 is 0 Å². The molecule has 1 fully saturated rings. The fourth-order valence-electron chi connectivity index (χ4n) is 1.52. The number of anilines is 1. The maximum Gasteiger partial charge on any atom is 0.242 e. The zero-order valence-corrected chi connectivity index (χ0v) is 8.36. The summed E-state index contributed by atoms with van der Waals surface area (Å²) in [6.07, 6.45) is 2.89.